The zero-order valence-electron chi connectivity index (χ0n) is 9.55. The molecular weight excluding hydrogens is 280 g/mol. The van der Waals surface area contributed by atoms with Gasteiger partial charge in [0.15, 0.2) is 5.65 Å². The lowest BCUT2D eigenvalue weighted by molar-refractivity contribution is 0.850. The summed E-state index contributed by atoms with van der Waals surface area (Å²) in [4.78, 5) is 4.52. The van der Waals surface area contributed by atoms with Gasteiger partial charge in [0.05, 0.1) is 0 Å². The van der Waals surface area contributed by atoms with Crippen LogP contribution in [0.2, 0.25) is 0 Å². The van der Waals surface area contributed by atoms with Crippen molar-refractivity contribution in [2.75, 3.05) is 0 Å². The summed E-state index contributed by atoms with van der Waals surface area (Å²) in [5.41, 5.74) is 3.11. The van der Waals surface area contributed by atoms with Crippen LogP contribution in [-0.4, -0.2) is 19.2 Å². The van der Waals surface area contributed by atoms with Crippen molar-refractivity contribution >= 4 is 21.6 Å². The van der Waals surface area contributed by atoms with Gasteiger partial charge >= 0.3 is 0 Å². The number of aromatic nitrogens is 4. The van der Waals surface area contributed by atoms with Crippen molar-refractivity contribution in [3.8, 4) is 5.95 Å². The lowest BCUT2D eigenvalue weighted by atomic mass is 10.5. The molecule has 4 nitrogen and oxygen atoms in total. The van der Waals surface area contributed by atoms with Gasteiger partial charge in [0, 0.05) is 22.1 Å². The van der Waals surface area contributed by atoms with E-state index in [1.807, 2.05) is 22.9 Å². The molecule has 0 aliphatic carbocycles. The van der Waals surface area contributed by atoms with Crippen molar-refractivity contribution in [1.29, 1.82) is 0 Å². The van der Waals surface area contributed by atoms with E-state index in [0.717, 1.165) is 21.5 Å². The van der Waals surface area contributed by atoms with Gasteiger partial charge in [0.25, 0.3) is 5.95 Å². The molecule has 3 rings (SSSR count). The van der Waals surface area contributed by atoms with Gasteiger partial charge in [-0.3, -0.25) is 4.57 Å². The maximum Gasteiger partial charge on any atom is 0.254 e. The van der Waals surface area contributed by atoms with Gasteiger partial charge in [0.1, 0.15) is 0 Å². The molecule has 0 saturated heterocycles. The minimum Gasteiger partial charge on any atom is -0.286 e. The van der Waals surface area contributed by atoms with Gasteiger partial charge < -0.3 is 0 Å². The first-order valence-electron chi connectivity index (χ1n) is 5.32. The number of hydrogen-bond donors (Lipinski definition) is 0. The highest BCUT2D eigenvalue weighted by Gasteiger charge is 2.09. The monoisotopic (exact) mass is 290 g/mol. The van der Waals surface area contributed by atoms with E-state index in [0.29, 0.717) is 5.95 Å². The summed E-state index contributed by atoms with van der Waals surface area (Å²) in [5.74, 6) is 0.711. The van der Waals surface area contributed by atoms with Gasteiger partial charge in [-0.05, 0) is 38.1 Å². The highest BCUT2D eigenvalue weighted by molar-refractivity contribution is 9.10. The third-order valence-corrected chi connectivity index (χ3v) is 3.25. The average Bonchev–Trinajstić information content (AvgIpc) is 2.81. The quantitative estimate of drug-likeness (QED) is 0.691. The first-order chi connectivity index (χ1) is 8.15. The van der Waals surface area contributed by atoms with Crippen LogP contribution in [0.15, 0.2) is 34.9 Å². The van der Waals surface area contributed by atoms with E-state index < -0.39 is 0 Å². The minimum absolute atomic E-state index is 0.711. The number of nitrogens with zero attached hydrogens (tertiary/aromatic N) is 4. The zero-order chi connectivity index (χ0) is 12.0. The summed E-state index contributed by atoms with van der Waals surface area (Å²) >= 11 is 3.43. The standard InChI is InChI=1S/C12H11BrN4/c1-8-3-4-9(2)17(8)12-14-11-7-10(13)5-6-16(11)15-12/h3-7H,1-2H3. The number of rotatable bonds is 1. The molecule has 0 fully saturated rings. The third kappa shape index (κ3) is 1.67. The van der Waals surface area contributed by atoms with Gasteiger partial charge in [-0.2, -0.15) is 4.98 Å². The molecule has 3 aromatic rings. The summed E-state index contributed by atoms with van der Waals surface area (Å²) in [6, 6.07) is 8.03. The van der Waals surface area contributed by atoms with Crippen LogP contribution in [0.3, 0.4) is 0 Å². The Morgan fingerprint density at radius 1 is 1.12 bits per heavy atom. The molecule has 0 unspecified atom stereocenters. The first kappa shape index (κ1) is 10.5. The van der Waals surface area contributed by atoms with E-state index >= 15 is 0 Å². The van der Waals surface area contributed by atoms with Crippen molar-refractivity contribution < 1.29 is 0 Å². The van der Waals surface area contributed by atoms with Crippen LogP contribution in [0.25, 0.3) is 11.6 Å². The van der Waals surface area contributed by atoms with Crippen LogP contribution in [-0.2, 0) is 0 Å². The fraction of sp³-hybridized carbons (Fsp3) is 0.167. The van der Waals surface area contributed by atoms with Gasteiger partial charge in [-0.15, -0.1) is 5.10 Å². The first-order valence-corrected chi connectivity index (χ1v) is 6.12. The zero-order valence-corrected chi connectivity index (χ0v) is 11.1. The van der Waals surface area contributed by atoms with Gasteiger partial charge in [-0.25, -0.2) is 4.52 Å². The Morgan fingerprint density at radius 3 is 2.53 bits per heavy atom. The summed E-state index contributed by atoms with van der Waals surface area (Å²) in [6.45, 7) is 4.10. The molecule has 0 aliphatic rings. The Bertz CT molecular complexity index is 676. The predicted molar refractivity (Wildman–Crippen MR) is 69.5 cm³/mol. The second-order valence-corrected chi connectivity index (χ2v) is 4.93. The molecule has 3 aromatic heterocycles. The molecule has 0 saturated carbocycles. The maximum absolute atomic E-state index is 4.52. The molecule has 0 radical (unpaired) electrons. The van der Waals surface area contributed by atoms with E-state index in [9.17, 15) is 0 Å². The SMILES string of the molecule is Cc1ccc(C)n1-c1nc2cc(Br)ccn2n1. The van der Waals surface area contributed by atoms with Crippen LogP contribution >= 0.6 is 15.9 Å². The second-order valence-electron chi connectivity index (χ2n) is 4.01. The molecule has 0 bridgehead atoms. The molecule has 3 heterocycles. The van der Waals surface area contributed by atoms with Crippen molar-refractivity contribution in [3.05, 3.63) is 46.3 Å². The fourth-order valence-electron chi connectivity index (χ4n) is 1.92. The third-order valence-electron chi connectivity index (χ3n) is 2.76. The molecule has 0 spiro atoms. The van der Waals surface area contributed by atoms with E-state index in [-0.39, 0.29) is 0 Å². The van der Waals surface area contributed by atoms with Crippen molar-refractivity contribution in [2.24, 2.45) is 0 Å². The fourth-order valence-corrected chi connectivity index (χ4v) is 2.25. The molecular formula is C12H11BrN4. The number of pyridine rings is 1. The van der Waals surface area contributed by atoms with Crippen molar-refractivity contribution in [3.63, 3.8) is 0 Å². The van der Waals surface area contributed by atoms with Crippen LogP contribution in [0.4, 0.5) is 0 Å². The molecule has 0 aliphatic heterocycles. The smallest absolute Gasteiger partial charge is 0.254 e. The Kier molecular flexibility index (Phi) is 2.29. The summed E-state index contributed by atoms with van der Waals surface area (Å²) in [6.07, 6.45) is 1.89. The van der Waals surface area contributed by atoms with E-state index in [1.165, 1.54) is 0 Å². The normalized spacial score (nSPS) is 11.2. The maximum atomic E-state index is 4.52. The van der Waals surface area contributed by atoms with E-state index in [1.54, 1.807) is 4.52 Å². The van der Waals surface area contributed by atoms with Gasteiger partial charge in [0.2, 0.25) is 0 Å². The molecule has 86 valence electrons. The van der Waals surface area contributed by atoms with Crippen molar-refractivity contribution in [2.45, 2.75) is 13.8 Å². The summed E-state index contributed by atoms with van der Waals surface area (Å²) < 4.78 is 4.82. The second kappa shape index (κ2) is 3.70. The molecule has 0 atom stereocenters. The molecule has 5 heteroatoms. The Morgan fingerprint density at radius 2 is 1.82 bits per heavy atom. The average molecular weight is 291 g/mol. The summed E-state index contributed by atoms with van der Waals surface area (Å²) in [5, 5.41) is 4.47. The lowest BCUT2D eigenvalue weighted by Crippen LogP contribution is -2.01. The molecule has 0 amide bonds. The number of fused-ring (bicyclic) bond motifs is 1. The highest BCUT2D eigenvalue weighted by Crippen LogP contribution is 2.16. The summed E-state index contributed by atoms with van der Waals surface area (Å²) in [7, 11) is 0. The number of halogens is 1. The van der Waals surface area contributed by atoms with Crippen LogP contribution in [0.1, 0.15) is 11.4 Å². The molecule has 0 aromatic carbocycles. The lowest BCUT2D eigenvalue weighted by Gasteiger charge is -2.01. The van der Waals surface area contributed by atoms with Crippen LogP contribution < -0.4 is 0 Å². The Balaban J connectivity index is 2.25. The number of hydrogen-bond acceptors (Lipinski definition) is 2. The predicted octanol–water partition coefficient (Wildman–Crippen LogP) is 2.90. The van der Waals surface area contributed by atoms with Gasteiger partial charge in [-0.1, -0.05) is 15.9 Å². The molecule has 0 N–H and O–H groups in total. The van der Waals surface area contributed by atoms with Crippen molar-refractivity contribution in [1.82, 2.24) is 19.2 Å². The topological polar surface area (TPSA) is 35.1 Å². The minimum atomic E-state index is 0.711. The Hall–Kier alpha value is -1.62. The Labute approximate surface area is 107 Å². The van der Waals surface area contributed by atoms with Crippen LogP contribution in [0.5, 0.6) is 0 Å². The highest BCUT2D eigenvalue weighted by atomic mass is 79.9. The van der Waals surface area contributed by atoms with E-state index in [2.05, 4.69) is 52.0 Å². The van der Waals surface area contributed by atoms with Crippen LogP contribution in [0, 0.1) is 13.8 Å². The van der Waals surface area contributed by atoms with E-state index in [4.69, 9.17) is 0 Å². The molecule has 17 heavy (non-hydrogen) atoms. The largest absolute Gasteiger partial charge is 0.286 e. The number of aryl methyl sites for hydroxylation is 2.